The molecule has 2 N–H and O–H groups in total. The number of nitrogens with zero attached hydrogens (tertiary/aromatic N) is 1. The van der Waals surface area contributed by atoms with Gasteiger partial charge in [0.05, 0.1) is 0 Å². The van der Waals surface area contributed by atoms with Gasteiger partial charge in [0.15, 0.2) is 0 Å². The molecular formula is C13H12N2O2. The molecule has 0 bridgehead atoms. The highest BCUT2D eigenvalue weighted by Gasteiger charge is 2.09. The normalized spacial score (nSPS) is 9.94. The summed E-state index contributed by atoms with van der Waals surface area (Å²) in [5.41, 5.74) is 6.65. The van der Waals surface area contributed by atoms with E-state index in [-0.39, 0.29) is 5.56 Å². The molecule has 1 aromatic heterocycles. The average molecular weight is 228 g/mol. The number of pyridine rings is 1. The third-order valence-corrected chi connectivity index (χ3v) is 2.30. The molecular weight excluding hydrogens is 216 g/mol. The first-order chi connectivity index (χ1) is 8.16. The number of aryl methyl sites for hydroxylation is 1. The molecule has 2 aromatic rings. The predicted octanol–water partition coefficient (Wildman–Crippen LogP) is 2.28. The van der Waals surface area contributed by atoms with E-state index in [1.165, 1.54) is 6.20 Å². The van der Waals surface area contributed by atoms with E-state index < -0.39 is 5.91 Å². The summed E-state index contributed by atoms with van der Waals surface area (Å²) < 4.78 is 5.58. The summed E-state index contributed by atoms with van der Waals surface area (Å²) >= 11 is 0. The highest BCUT2D eigenvalue weighted by Crippen LogP contribution is 2.24. The number of carbonyl (C=O) groups excluding carboxylic acids is 1. The Balaban J connectivity index is 2.30. The fourth-order valence-corrected chi connectivity index (χ4v) is 1.39. The lowest BCUT2D eigenvalue weighted by Gasteiger charge is -2.08. The zero-order valence-corrected chi connectivity index (χ0v) is 9.38. The molecule has 2 rings (SSSR count). The third kappa shape index (κ3) is 2.60. The van der Waals surface area contributed by atoms with Crippen molar-refractivity contribution < 1.29 is 9.53 Å². The molecule has 86 valence electrons. The minimum absolute atomic E-state index is 0.271. The van der Waals surface area contributed by atoms with Crippen LogP contribution in [0.4, 0.5) is 0 Å². The minimum Gasteiger partial charge on any atom is -0.456 e. The molecule has 17 heavy (non-hydrogen) atoms. The second-order valence-corrected chi connectivity index (χ2v) is 3.65. The van der Waals surface area contributed by atoms with Crippen LogP contribution < -0.4 is 10.5 Å². The van der Waals surface area contributed by atoms with E-state index in [2.05, 4.69) is 4.98 Å². The van der Waals surface area contributed by atoms with Crippen molar-refractivity contribution in [2.24, 2.45) is 5.73 Å². The number of primary amides is 1. The van der Waals surface area contributed by atoms with E-state index in [4.69, 9.17) is 10.5 Å². The second kappa shape index (κ2) is 4.65. The molecule has 0 fully saturated rings. The summed E-state index contributed by atoms with van der Waals surface area (Å²) in [6.07, 6.45) is 2.95. The minimum atomic E-state index is -0.555. The van der Waals surface area contributed by atoms with E-state index in [1.807, 2.05) is 31.2 Å². The Hall–Kier alpha value is -2.36. The van der Waals surface area contributed by atoms with Gasteiger partial charge in [0.2, 0.25) is 0 Å². The van der Waals surface area contributed by atoms with Gasteiger partial charge in [0.25, 0.3) is 5.91 Å². The molecule has 1 aromatic carbocycles. The summed E-state index contributed by atoms with van der Waals surface area (Å²) in [5.74, 6) is 0.515. The second-order valence-electron chi connectivity index (χ2n) is 3.65. The molecule has 1 heterocycles. The van der Waals surface area contributed by atoms with Gasteiger partial charge in [-0.05, 0) is 25.1 Å². The number of amides is 1. The maximum Gasteiger partial charge on any atom is 0.254 e. The van der Waals surface area contributed by atoms with Crippen LogP contribution in [0.1, 0.15) is 15.9 Å². The number of aromatic nitrogens is 1. The summed E-state index contributed by atoms with van der Waals surface area (Å²) in [6, 6.07) is 9.14. The van der Waals surface area contributed by atoms with E-state index in [1.54, 1.807) is 12.3 Å². The van der Waals surface area contributed by atoms with Crippen LogP contribution in [-0.4, -0.2) is 10.9 Å². The monoisotopic (exact) mass is 228 g/mol. The van der Waals surface area contributed by atoms with Crippen LogP contribution in [-0.2, 0) is 0 Å². The van der Waals surface area contributed by atoms with Gasteiger partial charge in [0.1, 0.15) is 17.1 Å². The Kier molecular flexibility index (Phi) is 3.05. The van der Waals surface area contributed by atoms with E-state index >= 15 is 0 Å². The maximum absolute atomic E-state index is 11.2. The van der Waals surface area contributed by atoms with Crippen LogP contribution in [0.15, 0.2) is 42.7 Å². The number of benzene rings is 1. The lowest BCUT2D eigenvalue weighted by atomic mass is 10.2. The molecule has 0 saturated heterocycles. The Morgan fingerprint density at radius 1 is 1.24 bits per heavy atom. The molecule has 0 aliphatic heterocycles. The average Bonchev–Trinajstić information content (AvgIpc) is 2.32. The van der Waals surface area contributed by atoms with Crippen molar-refractivity contribution >= 4 is 5.91 Å². The smallest absolute Gasteiger partial charge is 0.254 e. The van der Waals surface area contributed by atoms with Gasteiger partial charge in [-0.15, -0.1) is 0 Å². The molecule has 0 spiro atoms. The van der Waals surface area contributed by atoms with E-state index in [9.17, 15) is 4.79 Å². The number of ether oxygens (including phenoxy) is 1. The van der Waals surface area contributed by atoms with Gasteiger partial charge >= 0.3 is 0 Å². The fourth-order valence-electron chi connectivity index (χ4n) is 1.39. The lowest BCUT2D eigenvalue weighted by Crippen LogP contribution is -2.12. The molecule has 0 unspecified atom stereocenters. The van der Waals surface area contributed by atoms with Crippen molar-refractivity contribution in [3.05, 3.63) is 53.9 Å². The first kappa shape index (κ1) is 11.1. The van der Waals surface area contributed by atoms with Crippen molar-refractivity contribution in [2.45, 2.75) is 6.92 Å². The van der Waals surface area contributed by atoms with Gasteiger partial charge < -0.3 is 10.5 Å². The van der Waals surface area contributed by atoms with Crippen LogP contribution in [0.2, 0.25) is 0 Å². The summed E-state index contributed by atoms with van der Waals surface area (Å²) in [6.45, 7) is 1.99. The van der Waals surface area contributed by atoms with Gasteiger partial charge in [-0.25, -0.2) is 0 Å². The van der Waals surface area contributed by atoms with E-state index in [0.717, 1.165) is 5.56 Å². The highest BCUT2D eigenvalue weighted by molar-refractivity contribution is 5.95. The molecule has 4 nitrogen and oxygen atoms in total. The Morgan fingerprint density at radius 3 is 2.59 bits per heavy atom. The molecule has 0 radical (unpaired) electrons. The first-order valence-electron chi connectivity index (χ1n) is 5.15. The van der Waals surface area contributed by atoms with Crippen molar-refractivity contribution in [1.82, 2.24) is 4.98 Å². The molecule has 0 saturated carbocycles. The summed E-state index contributed by atoms with van der Waals surface area (Å²) in [7, 11) is 0. The largest absolute Gasteiger partial charge is 0.456 e. The van der Waals surface area contributed by atoms with Crippen molar-refractivity contribution in [3.8, 4) is 11.5 Å². The third-order valence-electron chi connectivity index (χ3n) is 2.30. The first-order valence-corrected chi connectivity index (χ1v) is 5.15. The number of hydrogen-bond donors (Lipinski definition) is 1. The van der Waals surface area contributed by atoms with Crippen molar-refractivity contribution in [2.75, 3.05) is 0 Å². The number of hydrogen-bond acceptors (Lipinski definition) is 3. The van der Waals surface area contributed by atoms with Crippen LogP contribution >= 0.6 is 0 Å². The highest BCUT2D eigenvalue weighted by atomic mass is 16.5. The van der Waals surface area contributed by atoms with Gasteiger partial charge in [-0.3, -0.25) is 9.78 Å². The Labute approximate surface area is 99.1 Å². The topological polar surface area (TPSA) is 65.2 Å². The van der Waals surface area contributed by atoms with Crippen LogP contribution in [0.3, 0.4) is 0 Å². The number of carbonyl (C=O) groups is 1. The number of nitrogens with two attached hydrogens (primary N) is 1. The van der Waals surface area contributed by atoms with Gasteiger partial charge in [0, 0.05) is 12.4 Å². The standard InChI is InChI=1S/C13H12N2O2/c1-9-2-4-10(5-3-9)17-12-6-7-15-8-11(12)13(14)16/h2-8H,1H3,(H2,14,16). The Morgan fingerprint density at radius 2 is 1.94 bits per heavy atom. The van der Waals surface area contributed by atoms with Crippen molar-refractivity contribution in [3.63, 3.8) is 0 Å². The molecule has 0 atom stereocenters. The van der Waals surface area contributed by atoms with Crippen LogP contribution in [0, 0.1) is 6.92 Å². The van der Waals surface area contributed by atoms with Crippen molar-refractivity contribution in [1.29, 1.82) is 0 Å². The summed E-state index contributed by atoms with van der Waals surface area (Å²) in [4.78, 5) is 15.0. The zero-order chi connectivity index (χ0) is 12.3. The van der Waals surface area contributed by atoms with E-state index in [0.29, 0.717) is 11.5 Å². The Bertz CT molecular complexity index is 535. The molecule has 0 aliphatic carbocycles. The SMILES string of the molecule is Cc1ccc(Oc2ccncc2C(N)=O)cc1. The molecule has 1 amide bonds. The fraction of sp³-hybridized carbons (Fsp3) is 0.0769. The zero-order valence-electron chi connectivity index (χ0n) is 9.38. The number of rotatable bonds is 3. The predicted molar refractivity (Wildman–Crippen MR) is 64.0 cm³/mol. The molecule has 4 heteroatoms. The maximum atomic E-state index is 11.2. The van der Waals surface area contributed by atoms with Crippen LogP contribution in [0.5, 0.6) is 11.5 Å². The summed E-state index contributed by atoms with van der Waals surface area (Å²) in [5, 5.41) is 0. The van der Waals surface area contributed by atoms with Gasteiger partial charge in [-0.2, -0.15) is 0 Å². The van der Waals surface area contributed by atoms with Crippen LogP contribution in [0.25, 0.3) is 0 Å². The van der Waals surface area contributed by atoms with Gasteiger partial charge in [-0.1, -0.05) is 17.7 Å². The quantitative estimate of drug-likeness (QED) is 0.876. The lowest BCUT2D eigenvalue weighted by molar-refractivity contribution is 0.0997. The molecule has 0 aliphatic rings.